The van der Waals surface area contributed by atoms with Gasteiger partial charge in [-0.05, 0) is 43.0 Å². The molecule has 0 radical (unpaired) electrons. The summed E-state index contributed by atoms with van der Waals surface area (Å²) in [5.74, 6) is 2.40. The van der Waals surface area contributed by atoms with Crippen LogP contribution in [-0.4, -0.2) is 76.1 Å². The molecule has 0 aromatic carbocycles. The molecule has 2 atom stereocenters. The van der Waals surface area contributed by atoms with E-state index in [0.717, 1.165) is 49.4 Å². The van der Waals surface area contributed by atoms with Gasteiger partial charge in [0.1, 0.15) is 29.8 Å². The average Bonchev–Trinajstić information content (AvgIpc) is 3.78. The lowest BCUT2D eigenvalue weighted by Crippen LogP contribution is -2.68. The van der Waals surface area contributed by atoms with Gasteiger partial charge in [-0.25, -0.2) is 14.5 Å². The molecule has 7 heterocycles. The molecule has 2 N–H and O–H groups in total. The van der Waals surface area contributed by atoms with Crippen LogP contribution in [0.5, 0.6) is 11.6 Å². The number of anilines is 2. The molecule has 0 spiro atoms. The standard InChI is InChI=1S/C30H32N8O3/c1-39-28-7-2-19(13-34-28)15-37-21-10-22(37)17-36(16-21)27-6-3-20(14-33-27)25-11-24(41-9-8-40-23-4-5-23)18-38-29(25)26(12-31)30(32)35-38/h2-3,6-7,11,13-14,18,21-23H,4-5,8-10,15-17H2,1H3,(H2,32,35). The molecular formula is C30H32N8O3. The first-order chi connectivity index (χ1) is 20.1. The average molecular weight is 553 g/mol. The molecule has 0 amide bonds. The SMILES string of the molecule is COc1ccc(CN2C3CC2CN(c2ccc(-c4cc(OCCOC5CC5)cn5nc(N)c(C#N)c45)cn2)C3)cn1. The Labute approximate surface area is 238 Å². The van der Waals surface area contributed by atoms with E-state index in [1.54, 1.807) is 17.8 Å². The van der Waals surface area contributed by atoms with Crippen molar-refractivity contribution in [2.24, 2.45) is 0 Å². The van der Waals surface area contributed by atoms with Crippen LogP contribution < -0.4 is 20.1 Å². The number of nitriles is 1. The number of piperidine rings is 1. The second-order valence-corrected chi connectivity index (χ2v) is 10.9. The first-order valence-corrected chi connectivity index (χ1v) is 14.0. The van der Waals surface area contributed by atoms with E-state index in [-0.39, 0.29) is 5.82 Å². The second-order valence-electron chi connectivity index (χ2n) is 10.9. The molecule has 2 unspecified atom stereocenters. The van der Waals surface area contributed by atoms with Crippen molar-refractivity contribution in [3.63, 3.8) is 0 Å². The normalized spacial score (nSPS) is 20.0. The summed E-state index contributed by atoms with van der Waals surface area (Å²) in [4.78, 5) is 14.1. The van der Waals surface area contributed by atoms with Gasteiger partial charge in [0.15, 0.2) is 5.82 Å². The molecule has 4 aromatic heterocycles. The highest BCUT2D eigenvalue weighted by Gasteiger charge is 2.44. The highest BCUT2D eigenvalue weighted by molar-refractivity contribution is 5.88. The number of nitrogen functional groups attached to an aromatic ring is 1. The van der Waals surface area contributed by atoms with Gasteiger partial charge in [-0.3, -0.25) is 4.90 Å². The van der Waals surface area contributed by atoms with Gasteiger partial charge in [0.05, 0.1) is 31.5 Å². The lowest BCUT2D eigenvalue weighted by Gasteiger charge is -2.56. The Bertz CT molecular complexity index is 1580. The van der Waals surface area contributed by atoms with Crippen LogP contribution in [0.4, 0.5) is 11.6 Å². The number of rotatable bonds is 10. The number of hydrogen-bond donors (Lipinski definition) is 1. The van der Waals surface area contributed by atoms with Crippen molar-refractivity contribution in [3.8, 4) is 28.8 Å². The summed E-state index contributed by atoms with van der Waals surface area (Å²) in [5.41, 5.74) is 9.93. The fourth-order valence-corrected chi connectivity index (χ4v) is 5.89. The molecular weight excluding hydrogens is 520 g/mol. The molecule has 3 aliphatic heterocycles. The van der Waals surface area contributed by atoms with Crippen LogP contribution in [-0.2, 0) is 11.3 Å². The predicted molar refractivity (Wildman–Crippen MR) is 153 cm³/mol. The molecule has 2 bridgehead atoms. The molecule has 210 valence electrons. The Balaban J connectivity index is 1.07. The van der Waals surface area contributed by atoms with Crippen molar-refractivity contribution in [1.82, 2.24) is 24.5 Å². The molecule has 1 aliphatic carbocycles. The predicted octanol–water partition coefficient (Wildman–Crippen LogP) is 3.27. The van der Waals surface area contributed by atoms with Gasteiger partial charge in [0.25, 0.3) is 0 Å². The molecule has 3 saturated heterocycles. The van der Waals surface area contributed by atoms with E-state index in [0.29, 0.717) is 54.1 Å². The third-order valence-electron chi connectivity index (χ3n) is 8.17. The van der Waals surface area contributed by atoms with Gasteiger partial charge < -0.3 is 24.8 Å². The fourth-order valence-electron chi connectivity index (χ4n) is 5.89. The van der Waals surface area contributed by atoms with Crippen molar-refractivity contribution in [2.45, 2.75) is 44.0 Å². The largest absolute Gasteiger partial charge is 0.490 e. The number of ether oxygens (including phenoxy) is 3. The molecule has 41 heavy (non-hydrogen) atoms. The van der Waals surface area contributed by atoms with Crippen LogP contribution in [0, 0.1) is 11.3 Å². The van der Waals surface area contributed by atoms with E-state index in [2.05, 4.69) is 38.1 Å². The van der Waals surface area contributed by atoms with E-state index < -0.39 is 0 Å². The Hall–Kier alpha value is -4.40. The van der Waals surface area contributed by atoms with Crippen LogP contribution in [0.3, 0.4) is 0 Å². The minimum absolute atomic E-state index is 0.190. The third-order valence-corrected chi connectivity index (χ3v) is 8.17. The summed E-state index contributed by atoms with van der Waals surface area (Å²) in [7, 11) is 1.63. The minimum Gasteiger partial charge on any atom is -0.490 e. The fraction of sp³-hybridized carbons (Fsp3) is 0.400. The summed E-state index contributed by atoms with van der Waals surface area (Å²) in [6.45, 7) is 3.72. The molecule has 4 aliphatic rings. The second kappa shape index (κ2) is 10.5. The monoisotopic (exact) mass is 552 g/mol. The number of nitrogens with two attached hydrogens (primary N) is 1. The number of fused-ring (bicyclic) bond motifs is 3. The van der Waals surface area contributed by atoms with Crippen LogP contribution in [0.15, 0.2) is 48.9 Å². The molecule has 4 aromatic rings. The molecule has 11 heteroatoms. The zero-order valence-electron chi connectivity index (χ0n) is 22.9. The van der Waals surface area contributed by atoms with Gasteiger partial charge in [0.2, 0.25) is 5.88 Å². The van der Waals surface area contributed by atoms with Crippen molar-refractivity contribution in [1.29, 1.82) is 5.26 Å². The Morgan fingerprint density at radius 3 is 2.61 bits per heavy atom. The van der Waals surface area contributed by atoms with Crippen LogP contribution >= 0.6 is 0 Å². The zero-order valence-corrected chi connectivity index (χ0v) is 22.9. The van der Waals surface area contributed by atoms with Crippen molar-refractivity contribution in [3.05, 3.63) is 60.0 Å². The van der Waals surface area contributed by atoms with Crippen LogP contribution in [0.25, 0.3) is 16.6 Å². The van der Waals surface area contributed by atoms with E-state index >= 15 is 0 Å². The van der Waals surface area contributed by atoms with Gasteiger partial charge in [0, 0.05) is 61.3 Å². The molecule has 4 fully saturated rings. The van der Waals surface area contributed by atoms with Crippen molar-refractivity contribution < 1.29 is 14.2 Å². The first-order valence-electron chi connectivity index (χ1n) is 14.0. The highest BCUT2D eigenvalue weighted by Crippen LogP contribution is 2.37. The number of nitrogens with zero attached hydrogens (tertiary/aromatic N) is 7. The van der Waals surface area contributed by atoms with E-state index in [1.165, 1.54) is 12.0 Å². The van der Waals surface area contributed by atoms with E-state index in [1.807, 2.05) is 30.6 Å². The molecule has 1 saturated carbocycles. The highest BCUT2D eigenvalue weighted by atomic mass is 16.5. The molecule has 8 rings (SSSR count). The Kier molecular flexibility index (Phi) is 6.57. The number of methoxy groups -OCH3 is 1. The first kappa shape index (κ1) is 25.6. The summed E-state index contributed by atoms with van der Waals surface area (Å²) in [6.07, 6.45) is 9.34. The van der Waals surface area contributed by atoms with Crippen LogP contribution in [0.2, 0.25) is 0 Å². The summed E-state index contributed by atoms with van der Waals surface area (Å²) < 4.78 is 18.5. The van der Waals surface area contributed by atoms with Gasteiger partial charge in [-0.1, -0.05) is 6.07 Å². The quantitative estimate of drug-likeness (QED) is 0.293. The topological polar surface area (TPSA) is 127 Å². The van der Waals surface area contributed by atoms with Crippen LogP contribution in [0.1, 0.15) is 30.4 Å². The van der Waals surface area contributed by atoms with E-state index in [9.17, 15) is 5.26 Å². The smallest absolute Gasteiger partial charge is 0.212 e. The van der Waals surface area contributed by atoms with E-state index in [4.69, 9.17) is 24.9 Å². The lowest BCUT2D eigenvalue weighted by molar-refractivity contribution is -0.00876. The Morgan fingerprint density at radius 1 is 1.07 bits per heavy atom. The third kappa shape index (κ3) is 5.01. The van der Waals surface area contributed by atoms with Gasteiger partial charge >= 0.3 is 0 Å². The van der Waals surface area contributed by atoms with Gasteiger partial charge in [-0.2, -0.15) is 5.26 Å². The lowest BCUT2D eigenvalue weighted by atomic mass is 9.87. The summed E-state index contributed by atoms with van der Waals surface area (Å²) in [5, 5.41) is 14.2. The maximum Gasteiger partial charge on any atom is 0.212 e. The maximum absolute atomic E-state index is 9.79. The minimum atomic E-state index is 0.190. The molecule has 11 nitrogen and oxygen atoms in total. The van der Waals surface area contributed by atoms with Crippen molar-refractivity contribution in [2.75, 3.05) is 44.0 Å². The number of pyridine rings is 3. The zero-order chi connectivity index (χ0) is 27.9. The number of hydrogen-bond acceptors (Lipinski definition) is 10. The maximum atomic E-state index is 9.79. The van der Waals surface area contributed by atoms with Gasteiger partial charge in [-0.15, -0.1) is 5.10 Å². The number of piperazine rings is 1. The summed E-state index contributed by atoms with van der Waals surface area (Å²) in [6, 6.07) is 13.2. The number of aromatic nitrogens is 4. The Morgan fingerprint density at radius 2 is 1.93 bits per heavy atom. The summed E-state index contributed by atoms with van der Waals surface area (Å²) >= 11 is 0. The van der Waals surface area contributed by atoms with Crippen molar-refractivity contribution >= 4 is 17.2 Å².